The van der Waals surface area contributed by atoms with Gasteiger partial charge in [0.05, 0.1) is 11.0 Å². The van der Waals surface area contributed by atoms with Crippen LogP contribution in [0.1, 0.15) is 18.1 Å². The van der Waals surface area contributed by atoms with Crippen molar-refractivity contribution in [2.45, 2.75) is 18.6 Å². The van der Waals surface area contributed by atoms with E-state index < -0.39 is 0 Å². The van der Waals surface area contributed by atoms with Crippen LogP contribution in [0, 0.1) is 5.82 Å². The van der Waals surface area contributed by atoms with E-state index in [1.165, 1.54) is 23.9 Å². The molecule has 0 aromatic heterocycles. The fraction of sp³-hybridized carbons (Fsp3) is 0.167. The molecule has 7 heteroatoms. The van der Waals surface area contributed by atoms with Gasteiger partial charge >= 0.3 is 0 Å². The number of hydrogen-bond acceptors (Lipinski definition) is 4. The van der Waals surface area contributed by atoms with Crippen molar-refractivity contribution < 1.29 is 9.18 Å². The molecule has 0 aliphatic carbocycles. The van der Waals surface area contributed by atoms with Gasteiger partial charge < -0.3 is 5.32 Å². The van der Waals surface area contributed by atoms with E-state index >= 15 is 0 Å². The van der Waals surface area contributed by atoms with Gasteiger partial charge in [-0.1, -0.05) is 47.6 Å². The quantitative estimate of drug-likeness (QED) is 0.647. The van der Waals surface area contributed by atoms with Crippen LogP contribution < -0.4 is 5.32 Å². The first-order valence-corrected chi connectivity index (χ1v) is 8.87. The Kier molecular flexibility index (Phi) is 5.50. The molecule has 1 aliphatic rings. The van der Waals surface area contributed by atoms with Gasteiger partial charge in [0, 0.05) is 5.02 Å². The summed E-state index contributed by atoms with van der Waals surface area (Å²) < 4.78 is 13.0. The van der Waals surface area contributed by atoms with E-state index in [-0.39, 0.29) is 17.0 Å². The number of carbonyl (C=O) groups is 1. The Bertz CT molecular complexity index is 834. The molecular formula is C18H15ClFN3OS. The predicted octanol–water partition coefficient (Wildman–Crippen LogP) is 4.03. The molecule has 0 radical (unpaired) electrons. The third-order valence-electron chi connectivity index (χ3n) is 3.66. The highest BCUT2D eigenvalue weighted by atomic mass is 35.5. The van der Waals surface area contributed by atoms with E-state index in [0.29, 0.717) is 16.6 Å². The zero-order valence-electron chi connectivity index (χ0n) is 13.4. The minimum absolute atomic E-state index is 0.118. The summed E-state index contributed by atoms with van der Waals surface area (Å²) in [6.07, 6.45) is 0.510. The third kappa shape index (κ3) is 4.67. The van der Waals surface area contributed by atoms with Crippen LogP contribution in [-0.2, 0) is 11.2 Å². The normalized spacial score (nSPS) is 19.3. The average Bonchev–Trinajstić information content (AvgIpc) is 2.95. The lowest BCUT2D eigenvalue weighted by molar-refractivity contribution is -0.118. The van der Waals surface area contributed by atoms with Crippen LogP contribution in [0.25, 0.3) is 0 Å². The summed E-state index contributed by atoms with van der Waals surface area (Å²) in [5.41, 5.74) is 2.53. The van der Waals surface area contributed by atoms with Crippen molar-refractivity contribution in [3.63, 3.8) is 0 Å². The lowest BCUT2D eigenvalue weighted by atomic mass is 10.1. The first-order chi connectivity index (χ1) is 12.0. The van der Waals surface area contributed by atoms with Crippen molar-refractivity contribution in [1.82, 2.24) is 5.32 Å². The zero-order chi connectivity index (χ0) is 17.8. The van der Waals surface area contributed by atoms with Crippen molar-refractivity contribution in [2.75, 3.05) is 0 Å². The van der Waals surface area contributed by atoms with Gasteiger partial charge in [-0.3, -0.25) is 4.79 Å². The van der Waals surface area contributed by atoms with E-state index in [1.807, 2.05) is 19.1 Å². The molecule has 1 aliphatic heterocycles. The summed E-state index contributed by atoms with van der Waals surface area (Å²) in [5.74, 6) is -0.408. The molecule has 0 bridgehead atoms. The molecule has 128 valence electrons. The Labute approximate surface area is 154 Å². The molecule has 0 saturated carbocycles. The lowest BCUT2D eigenvalue weighted by Crippen LogP contribution is -2.26. The van der Waals surface area contributed by atoms with Crippen LogP contribution in [0.4, 0.5) is 4.39 Å². The largest absolute Gasteiger partial charge is 0.303 e. The molecule has 1 atom stereocenters. The summed E-state index contributed by atoms with van der Waals surface area (Å²) in [6.45, 7) is 1.84. The number of thioether (sulfide) groups is 1. The number of benzene rings is 2. The van der Waals surface area contributed by atoms with Gasteiger partial charge in [0.1, 0.15) is 5.82 Å². The highest BCUT2D eigenvalue weighted by Gasteiger charge is 2.30. The molecule has 1 fully saturated rings. The Morgan fingerprint density at radius 2 is 1.88 bits per heavy atom. The number of hydrogen-bond donors (Lipinski definition) is 1. The monoisotopic (exact) mass is 375 g/mol. The smallest absolute Gasteiger partial charge is 0.239 e. The van der Waals surface area contributed by atoms with Crippen molar-refractivity contribution in [3.8, 4) is 0 Å². The van der Waals surface area contributed by atoms with Gasteiger partial charge in [0.25, 0.3) is 0 Å². The highest BCUT2D eigenvalue weighted by Crippen LogP contribution is 2.23. The first-order valence-electron chi connectivity index (χ1n) is 7.61. The Morgan fingerprint density at radius 3 is 2.56 bits per heavy atom. The van der Waals surface area contributed by atoms with Crippen molar-refractivity contribution in [1.29, 1.82) is 0 Å². The maximum atomic E-state index is 13.0. The minimum atomic E-state index is -0.296. The van der Waals surface area contributed by atoms with E-state index in [0.717, 1.165) is 16.8 Å². The SMILES string of the molecule is C/C(=N\N=C1/NC(=O)C(Cc2ccc(F)cc2)S1)c1ccc(Cl)cc1. The molecule has 1 saturated heterocycles. The molecular weight excluding hydrogens is 361 g/mol. The minimum Gasteiger partial charge on any atom is -0.303 e. The number of nitrogens with zero attached hydrogens (tertiary/aromatic N) is 2. The third-order valence-corrected chi connectivity index (χ3v) is 4.99. The summed E-state index contributed by atoms with van der Waals surface area (Å²) in [7, 11) is 0. The Hall–Kier alpha value is -2.18. The van der Waals surface area contributed by atoms with Crippen molar-refractivity contribution >= 4 is 40.1 Å². The van der Waals surface area contributed by atoms with E-state index in [1.54, 1.807) is 24.3 Å². The molecule has 25 heavy (non-hydrogen) atoms. The van der Waals surface area contributed by atoms with Gasteiger partial charge in [-0.05, 0) is 48.7 Å². The summed E-state index contributed by atoms with van der Waals surface area (Å²) >= 11 is 7.19. The second-order valence-corrected chi connectivity index (χ2v) is 7.15. The molecule has 4 nitrogen and oxygen atoms in total. The molecule has 0 spiro atoms. The van der Waals surface area contributed by atoms with Crippen LogP contribution >= 0.6 is 23.4 Å². The number of halogens is 2. The first kappa shape index (κ1) is 17.6. The summed E-state index contributed by atoms with van der Waals surface area (Å²) in [5, 5.41) is 11.8. The number of amidine groups is 1. The molecule has 1 N–H and O–H groups in total. The van der Waals surface area contributed by atoms with Gasteiger partial charge in [-0.25, -0.2) is 4.39 Å². The molecule has 1 amide bonds. The maximum absolute atomic E-state index is 13.0. The maximum Gasteiger partial charge on any atom is 0.239 e. The Morgan fingerprint density at radius 1 is 1.20 bits per heavy atom. The van der Waals surface area contributed by atoms with E-state index in [4.69, 9.17) is 11.6 Å². The topological polar surface area (TPSA) is 53.8 Å². The van der Waals surface area contributed by atoms with Gasteiger partial charge in [0.2, 0.25) is 5.91 Å². The lowest BCUT2D eigenvalue weighted by Gasteiger charge is -2.04. The predicted molar refractivity (Wildman–Crippen MR) is 101 cm³/mol. The molecule has 3 rings (SSSR count). The van der Waals surface area contributed by atoms with E-state index in [2.05, 4.69) is 15.5 Å². The van der Waals surface area contributed by atoms with Crippen LogP contribution in [0.15, 0.2) is 58.7 Å². The number of nitrogens with one attached hydrogen (secondary N) is 1. The zero-order valence-corrected chi connectivity index (χ0v) is 14.9. The second-order valence-electron chi connectivity index (χ2n) is 5.52. The van der Waals surface area contributed by atoms with Crippen LogP contribution in [0.3, 0.4) is 0 Å². The molecule has 2 aromatic rings. The fourth-order valence-electron chi connectivity index (χ4n) is 2.29. The van der Waals surface area contributed by atoms with Crippen LogP contribution in [-0.4, -0.2) is 22.0 Å². The van der Waals surface area contributed by atoms with Gasteiger partial charge in [0.15, 0.2) is 5.17 Å². The number of rotatable bonds is 4. The van der Waals surface area contributed by atoms with Gasteiger partial charge in [-0.15, -0.1) is 5.10 Å². The second kappa shape index (κ2) is 7.80. The number of amides is 1. The molecule has 2 aromatic carbocycles. The standard InChI is InChI=1S/C18H15ClFN3OS/c1-11(13-4-6-14(19)7-5-13)22-23-18-21-17(24)16(25-18)10-12-2-8-15(20)9-3-12/h2-9,16H,10H2,1H3,(H,21,23,24)/b22-11+. The fourth-order valence-corrected chi connectivity index (χ4v) is 3.38. The van der Waals surface area contributed by atoms with E-state index in [9.17, 15) is 9.18 Å². The van der Waals surface area contributed by atoms with Gasteiger partial charge in [-0.2, -0.15) is 5.10 Å². The summed E-state index contributed by atoms with van der Waals surface area (Å²) in [4.78, 5) is 12.1. The van der Waals surface area contributed by atoms with Crippen LogP contribution in [0.2, 0.25) is 5.02 Å². The summed E-state index contributed by atoms with van der Waals surface area (Å²) in [6, 6.07) is 13.4. The van der Waals surface area contributed by atoms with Crippen molar-refractivity contribution in [2.24, 2.45) is 10.2 Å². The Balaban J connectivity index is 1.66. The van der Waals surface area contributed by atoms with Crippen molar-refractivity contribution in [3.05, 3.63) is 70.5 Å². The average molecular weight is 376 g/mol. The number of carbonyl (C=O) groups excluding carboxylic acids is 1. The molecule has 1 unspecified atom stereocenters. The van der Waals surface area contributed by atoms with Crippen LogP contribution in [0.5, 0.6) is 0 Å². The highest BCUT2D eigenvalue weighted by molar-refractivity contribution is 8.15. The molecule has 1 heterocycles.